The van der Waals surface area contributed by atoms with Gasteiger partial charge < -0.3 is 19.9 Å². The highest BCUT2D eigenvalue weighted by molar-refractivity contribution is 5.91. The fourth-order valence-electron chi connectivity index (χ4n) is 2.74. The third-order valence-corrected chi connectivity index (χ3v) is 3.80. The van der Waals surface area contributed by atoms with E-state index in [2.05, 4.69) is 25.1 Å². The number of hydrogen-bond acceptors (Lipinski definition) is 4. The summed E-state index contributed by atoms with van der Waals surface area (Å²) in [5.74, 6) is 2.95. The molecule has 1 aliphatic heterocycles. The summed E-state index contributed by atoms with van der Waals surface area (Å²) < 4.78 is 11.4. The molecular formula is C17H27NO4. The fraction of sp³-hybridized carbons (Fsp3) is 0.706. The van der Waals surface area contributed by atoms with E-state index in [0.717, 1.165) is 6.42 Å². The smallest absolute Gasteiger partial charge is 0.286 e. The van der Waals surface area contributed by atoms with Crippen LogP contribution < -0.4 is 5.32 Å². The van der Waals surface area contributed by atoms with Crippen molar-refractivity contribution in [2.45, 2.75) is 39.9 Å². The summed E-state index contributed by atoms with van der Waals surface area (Å²) in [5, 5.41) is 11.7. The first kappa shape index (κ1) is 18.5. The number of carbonyl (C=O) groups excluding carboxylic acids is 1. The van der Waals surface area contributed by atoms with Crippen LogP contribution in [0.25, 0.3) is 0 Å². The van der Waals surface area contributed by atoms with E-state index in [1.165, 1.54) is 0 Å². The molecule has 0 unspecified atom stereocenters. The summed E-state index contributed by atoms with van der Waals surface area (Å²) in [7, 11) is 0. The van der Waals surface area contributed by atoms with E-state index in [-0.39, 0.29) is 36.7 Å². The van der Waals surface area contributed by atoms with Gasteiger partial charge in [0.05, 0.1) is 6.54 Å². The van der Waals surface area contributed by atoms with Crippen LogP contribution in [-0.4, -0.2) is 37.1 Å². The van der Waals surface area contributed by atoms with Crippen molar-refractivity contribution in [3.63, 3.8) is 0 Å². The zero-order valence-electron chi connectivity index (χ0n) is 13.7. The van der Waals surface area contributed by atoms with Gasteiger partial charge in [0, 0.05) is 19.1 Å². The van der Waals surface area contributed by atoms with Crippen LogP contribution in [0.3, 0.4) is 0 Å². The van der Waals surface area contributed by atoms with Gasteiger partial charge in [-0.15, -0.1) is 6.42 Å². The second-order valence-electron chi connectivity index (χ2n) is 5.71. The zero-order chi connectivity index (χ0) is 16.5. The van der Waals surface area contributed by atoms with Crippen molar-refractivity contribution in [2.75, 3.05) is 19.8 Å². The molecule has 0 fully saturated rings. The lowest BCUT2D eigenvalue weighted by Gasteiger charge is -2.38. The van der Waals surface area contributed by atoms with Crippen LogP contribution in [0.15, 0.2) is 11.8 Å². The molecule has 1 heterocycles. The SMILES string of the molecule is C#CCNC(=O)C1=C[C@H](C(C)C)[C@@H](CCCO)[C@H](OCC)O1. The quantitative estimate of drug-likeness (QED) is 0.669. The molecule has 0 saturated carbocycles. The average Bonchev–Trinajstić information content (AvgIpc) is 2.50. The zero-order valence-corrected chi connectivity index (χ0v) is 13.7. The molecular weight excluding hydrogens is 282 g/mol. The first-order valence-corrected chi connectivity index (χ1v) is 7.87. The number of rotatable bonds is 8. The molecule has 5 heteroatoms. The van der Waals surface area contributed by atoms with E-state index >= 15 is 0 Å². The molecule has 0 bridgehead atoms. The first-order valence-electron chi connectivity index (χ1n) is 7.87. The Morgan fingerprint density at radius 3 is 2.86 bits per heavy atom. The highest BCUT2D eigenvalue weighted by atomic mass is 16.7. The van der Waals surface area contributed by atoms with Crippen molar-refractivity contribution < 1.29 is 19.4 Å². The van der Waals surface area contributed by atoms with E-state index in [0.29, 0.717) is 18.9 Å². The average molecular weight is 309 g/mol. The molecule has 1 rings (SSSR count). The lowest BCUT2D eigenvalue weighted by atomic mass is 9.78. The van der Waals surface area contributed by atoms with Crippen LogP contribution in [0, 0.1) is 30.1 Å². The van der Waals surface area contributed by atoms with E-state index in [9.17, 15) is 4.79 Å². The highest BCUT2D eigenvalue weighted by Gasteiger charge is 2.38. The lowest BCUT2D eigenvalue weighted by molar-refractivity contribution is -0.175. The molecule has 0 aromatic rings. The Bertz CT molecular complexity index is 425. The van der Waals surface area contributed by atoms with Gasteiger partial charge in [0.25, 0.3) is 5.91 Å². The van der Waals surface area contributed by atoms with Gasteiger partial charge >= 0.3 is 0 Å². The summed E-state index contributed by atoms with van der Waals surface area (Å²) in [6, 6.07) is 0. The monoisotopic (exact) mass is 309 g/mol. The predicted molar refractivity (Wildman–Crippen MR) is 84.6 cm³/mol. The molecule has 5 nitrogen and oxygen atoms in total. The molecule has 0 aromatic carbocycles. The van der Waals surface area contributed by atoms with Gasteiger partial charge in [-0.3, -0.25) is 4.79 Å². The molecule has 0 aliphatic carbocycles. The van der Waals surface area contributed by atoms with Crippen molar-refractivity contribution in [3.8, 4) is 12.3 Å². The van der Waals surface area contributed by atoms with Crippen LogP contribution >= 0.6 is 0 Å². The number of amides is 1. The predicted octanol–water partition coefficient (Wildman–Crippen LogP) is 1.67. The molecule has 1 amide bonds. The van der Waals surface area contributed by atoms with E-state index in [1.807, 2.05) is 13.0 Å². The Balaban J connectivity index is 2.96. The molecule has 3 atom stereocenters. The number of nitrogens with one attached hydrogen (secondary N) is 1. The largest absolute Gasteiger partial charge is 0.459 e. The minimum Gasteiger partial charge on any atom is -0.459 e. The van der Waals surface area contributed by atoms with Crippen molar-refractivity contribution in [1.82, 2.24) is 5.32 Å². The fourth-order valence-corrected chi connectivity index (χ4v) is 2.74. The Labute approximate surface area is 133 Å². The minimum absolute atomic E-state index is 0.122. The van der Waals surface area contributed by atoms with Crippen LogP contribution in [0.4, 0.5) is 0 Å². The molecule has 22 heavy (non-hydrogen) atoms. The van der Waals surface area contributed by atoms with Gasteiger partial charge in [0.1, 0.15) is 0 Å². The third-order valence-electron chi connectivity index (χ3n) is 3.80. The first-order chi connectivity index (χ1) is 10.5. The number of aliphatic hydroxyl groups excluding tert-OH is 1. The Morgan fingerprint density at radius 2 is 2.32 bits per heavy atom. The van der Waals surface area contributed by atoms with Crippen LogP contribution in [0.1, 0.15) is 33.6 Å². The van der Waals surface area contributed by atoms with Crippen LogP contribution in [0.2, 0.25) is 0 Å². The van der Waals surface area contributed by atoms with Crippen molar-refractivity contribution >= 4 is 5.91 Å². The minimum atomic E-state index is -0.472. The van der Waals surface area contributed by atoms with Crippen molar-refractivity contribution in [2.24, 2.45) is 17.8 Å². The standard InChI is InChI=1S/C17H27NO4/c1-5-9-18-16(20)15-11-14(12(3)4)13(8-7-10-19)17(22-15)21-6-2/h1,11-14,17,19H,6-10H2,2-4H3,(H,18,20)/t13-,14-,17-/m1/s1. The maximum absolute atomic E-state index is 12.1. The Kier molecular flexibility index (Phi) is 8.00. The van der Waals surface area contributed by atoms with Crippen molar-refractivity contribution in [1.29, 1.82) is 0 Å². The Hall–Kier alpha value is -1.51. The molecule has 1 aliphatic rings. The van der Waals surface area contributed by atoms with Gasteiger partial charge in [-0.05, 0) is 37.7 Å². The summed E-state index contributed by atoms with van der Waals surface area (Å²) in [4.78, 5) is 12.1. The van der Waals surface area contributed by atoms with Crippen LogP contribution in [-0.2, 0) is 14.3 Å². The van der Waals surface area contributed by atoms with Crippen molar-refractivity contribution in [3.05, 3.63) is 11.8 Å². The topological polar surface area (TPSA) is 67.8 Å². The number of aliphatic hydroxyl groups is 1. The molecule has 0 spiro atoms. The number of terminal acetylenes is 1. The second-order valence-corrected chi connectivity index (χ2v) is 5.71. The summed E-state index contributed by atoms with van der Waals surface area (Å²) in [6.07, 6.45) is 8.04. The van der Waals surface area contributed by atoms with Gasteiger partial charge in [-0.1, -0.05) is 19.8 Å². The lowest BCUT2D eigenvalue weighted by Crippen LogP contribution is -2.41. The normalized spacial score (nSPS) is 24.4. The van der Waals surface area contributed by atoms with E-state index in [4.69, 9.17) is 21.0 Å². The van der Waals surface area contributed by atoms with Crippen LogP contribution in [0.5, 0.6) is 0 Å². The summed E-state index contributed by atoms with van der Waals surface area (Å²) in [5.41, 5.74) is 0. The van der Waals surface area contributed by atoms with Gasteiger partial charge in [-0.2, -0.15) is 0 Å². The maximum Gasteiger partial charge on any atom is 0.286 e. The number of ether oxygens (including phenoxy) is 2. The summed E-state index contributed by atoms with van der Waals surface area (Å²) in [6.45, 7) is 6.92. The molecule has 0 aromatic heterocycles. The molecule has 0 radical (unpaired) electrons. The number of allylic oxidation sites excluding steroid dienone is 1. The molecule has 0 saturated heterocycles. The number of hydrogen-bond donors (Lipinski definition) is 2. The highest BCUT2D eigenvalue weighted by Crippen LogP contribution is 2.36. The number of carbonyl (C=O) groups is 1. The van der Waals surface area contributed by atoms with Gasteiger partial charge in [0.15, 0.2) is 5.76 Å². The van der Waals surface area contributed by atoms with E-state index in [1.54, 1.807) is 0 Å². The summed E-state index contributed by atoms with van der Waals surface area (Å²) >= 11 is 0. The third kappa shape index (κ3) is 5.04. The van der Waals surface area contributed by atoms with E-state index < -0.39 is 6.29 Å². The molecule has 2 N–H and O–H groups in total. The second kappa shape index (κ2) is 9.50. The van der Waals surface area contributed by atoms with Gasteiger partial charge in [0.2, 0.25) is 6.29 Å². The van der Waals surface area contributed by atoms with Gasteiger partial charge in [-0.25, -0.2) is 0 Å². The Morgan fingerprint density at radius 1 is 1.59 bits per heavy atom. The molecule has 124 valence electrons. The maximum atomic E-state index is 12.1.